The van der Waals surface area contributed by atoms with Gasteiger partial charge in [0.1, 0.15) is 0 Å². The smallest absolute Gasteiger partial charge is 0.254 e. The third-order valence-corrected chi connectivity index (χ3v) is 3.51. The van der Waals surface area contributed by atoms with Crippen molar-refractivity contribution < 1.29 is 4.79 Å². The summed E-state index contributed by atoms with van der Waals surface area (Å²) in [5.74, 6) is -0.0144. The van der Waals surface area contributed by atoms with E-state index < -0.39 is 0 Å². The lowest BCUT2D eigenvalue weighted by Gasteiger charge is -2.13. The molecule has 1 aromatic heterocycles. The highest BCUT2D eigenvalue weighted by molar-refractivity contribution is 14.1. The van der Waals surface area contributed by atoms with Crippen molar-refractivity contribution in [1.82, 2.24) is 4.90 Å². The molecule has 0 N–H and O–H groups in total. The number of amides is 1. The summed E-state index contributed by atoms with van der Waals surface area (Å²) in [4.78, 5) is 13.3. The molecule has 0 aliphatic heterocycles. The SMILES string of the molecule is CN(CCC#N)C(=O)c1csc(I)c1. The van der Waals surface area contributed by atoms with Gasteiger partial charge in [0.05, 0.1) is 20.9 Å². The maximum atomic E-state index is 11.7. The molecule has 1 heterocycles. The van der Waals surface area contributed by atoms with Gasteiger partial charge in [-0.05, 0) is 28.7 Å². The van der Waals surface area contributed by atoms with Crippen LogP contribution in [0.15, 0.2) is 11.4 Å². The Labute approximate surface area is 100 Å². The van der Waals surface area contributed by atoms with E-state index in [0.717, 1.165) is 2.88 Å². The van der Waals surface area contributed by atoms with Gasteiger partial charge >= 0.3 is 0 Å². The van der Waals surface area contributed by atoms with Gasteiger partial charge in [0, 0.05) is 19.0 Å². The molecular formula is C9H9IN2OS. The number of hydrogen-bond acceptors (Lipinski definition) is 3. The normalized spacial score (nSPS) is 9.50. The molecule has 5 heteroatoms. The van der Waals surface area contributed by atoms with E-state index in [1.54, 1.807) is 23.3 Å². The molecule has 74 valence electrons. The van der Waals surface area contributed by atoms with E-state index >= 15 is 0 Å². The van der Waals surface area contributed by atoms with E-state index in [-0.39, 0.29) is 5.91 Å². The van der Waals surface area contributed by atoms with Gasteiger partial charge < -0.3 is 4.90 Å². The molecule has 0 spiro atoms. The Kier molecular flexibility index (Phi) is 4.35. The zero-order valence-corrected chi connectivity index (χ0v) is 10.6. The molecule has 0 aliphatic rings. The number of carbonyl (C=O) groups excluding carboxylic acids is 1. The largest absolute Gasteiger partial charge is 0.341 e. The number of thiophene rings is 1. The van der Waals surface area contributed by atoms with Gasteiger partial charge in [0.2, 0.25) is 0 Å². The Morgan fingerprint density at radius 3 is 3.00 bits per heavy atom. The fraction of sp³-hybridized carbons (Fsp3) is 0.333. The van der Waals surface area contributed by atoms with Crippen molar-refractivity contribution in [3.05, 3.63) is 19.9 Å². The zero-order valence-electron chi connectivity index (χ0n) is 7.66. The van der Waals surface area contributed by atoms with Crippen LogP contribution in [0.25, 0.3) is 0 Å². The molecule has 0 radical (unpaired) electrons. The summed E-state index contributed by atoms with van der Waals surface area (Å²) in [6, 6.07) is 3.87. The Morgan fingerprint density at radius 2 is 2.50 bits per heavy atom. The summed E-state index contributed by atoms with van der Waals surface area (Å²) in [5.41, 5.74) is 0.708. The molecule has 0 unspecified atom stereocenters. The van der Waals surface area contributed by atoms with Crippen LogP contribution >= 0.6 is 33.9 Å². The Hall–Kier alpha value is -0.610. The molecule has 14 heavy (non-hydrogen) atoms. The highest BCUT2D eigenvalue weighted by Crippen LogP contribution is 2.17. The van der Waals surface area contributed by atoms with Gasteiger partial charge in [-0.1, -0.05) is 0 Å². The van der Waals surface area contributed by atoms with E-state index in [9.17, 15) is 4.79 Å². The fourth-order valence-corrected chi connectivity index (χ4v) is 2.28. The average Bonchev–Trinajstić information content (AvgIpc) is 2.60. The number of carbonyl (C=O) groups is 1. The van der Waals surface area contributed by atoms with Crippen LogP contribution in [0, 0.1) is 14.2 Å². The topological polar surface area (TPSA) is 44.1 Å². The van der Waals surface area contributed by atoms with Crippen LogP contribution in [0.1, 0.15) is 16.8 Å². The first-order chi connectivity index (χ1) is 6.65. The van der Waals surface area contributed by atoms with Gasteiger partial charge in [0.15, 0.2) is 0 Å². The summed E-state index contributed by atoms with van der Waals surface area (Å²) in [6.07, 6.45) is 0.378. The van der Waals surface area contributed by atoms with Gasteiger partial charge in [-0.2, -0.15) is 5.26 Å². The molecule has 0 atom stereocenters. The lowest BCUT2D eigenvalue weighted by Crippen LogP contribution is -2.27. The van der Waals surface area contributed by atoms with Crippen molar-refractivity contribution in [2.75, 3.05) is 13.6 Å². The van der Waals surface area contributed by atoms with Gasteiger partial charge in [0.25, 0.3) is 5.91 Å². The molecule has 0 aromatic carbocycles. The van der Waals surface area contributed by atoms with E-state index in [1.165, 1.54) is 0 Å². The van der Waals surface area contributed by atoms with Crippen LogP contribution in [0.5, 0.6) is 0 Å². The molecule has 1 aromatic rings. The maximum absolute atomic E-state index is 11.7. The second kappa shape index (κ2) is 5.32. The van der Waals surface area contributed by atoms with E-state index in [2.05, 4.69) is 22.6 Å². The number of halogens is 1. The highest BCUT2D eigenvalue weighted by Gasteiger charge is 2.12. The summed E-state index contributed by atoms with van der Waals surface area (Å²) < 4.78 is 1.10. The van der Waals surface area contributed by atoms with Crippen LogP contribution in [-0.2, 0) is 0 Å². The summed E-state index contributed by atoms with van der Waals surface area (Å²) in [7, 11) is 1.71. The van der Waals surface area contributed by atoms with E-state index in [1.807, 2.05) is 17.5 Å². The molecule has 3 nitrogen and oxygen atoms in total. The molecule has 0 aliphatic carbocycles. The minimum atomic E-state index is -0.0144. The Bertz CT molecular complexity index is 369. The van der Waals surface area contributed by atoms with Crippen LogP contribution in [0.4, 0.5) is 0 Å². The molecule has 1 rings (SSSR count). The fourth-order valence-electron chi connectivity index (χ4n) is 0.962. The van der Waals surface area contributed by atoms with Crippen LogP contribution in [-0.4, -0.2) is 24.4 Å². The molecule has 0 bridgehead atoms. The third-order valence-electron chi connectivity index (χ3n) is 1.72. The van der Waals surface area contributed by atoms with Crippen molar-refractivity contribution in [3.8, 4) is 6.07 Å². The minimum Gasteiger partial charge on any atom is -0.341 e. The zero-order chi connectivity index (χ0) is 10.6. The Morgan fingerprint density at radius 1 is 1.79 bits per heavy atom. The average molecular weight is 320 g/mol. The second-order valence-corrected chi connectivity index (χ2v) is 5.58. The van der Waals surface area contributed by atoms with E-state index in [0.29, 0.717) is 18.5 Å². The van der Waals surface area contributed by atoms with Gasteiger partial charge in [-0.25, -0.2) is 0 Å². The maximum Gasteiger partial charge on any atom is 0.254 e. The second-order valence-electron chi connectivity index (χ2n) is 2.77. The summed E-state index contributed by atoms with van der Waals surface area (Å²) in [6.45, 7) is 0.488. The van der Waals surface area contributed by atoms with Crippen molar-refractivity contribution in [3.63, 3.8) is 0 Å². The molecule has 1 amide bonds. The van der Waals surface area contributed by atoms with Crippen LogP contribution in [0.2, 0.25) is 0 Å². The quantitative estimate of drug-likeness (QED) is 0.803. The lowest BCUT2D eigenvalue weighted by molar-refractivity contribution is 0.0798. The lowest BCUT2D eigenvalue weighted by atomic mass is 10.3. The number of nitriles is 1. The first kappa shape index (κ1) is 11.5. The predicted molar refractivity (Wildman–Crippen MR) is 64.2 cm³/mol. The first-order valence-electron chi connectivity index (χ1n) is 4.01. The molecule has 0 fully saturated rings. The van der Waals surface area contributed by atoms with Gasteiger partial charge in [-0.15, -0.1) is 11.3 Å². The molecule has 0 saturated heterocycles. The number of rotatable bonds is 3. The third kappa shape index (κ3) is 2.96. The monoisotopic (exact) mass is 320 g/mol. The van der Waals surface area contributed by atoms with Crippen molar-refractivity contribution in [2.24, 2.45) is 0 Å². The van der Waals surface area contributed by atoms with Crippen molar-refractivity contribution >= 4 is 39.8 Å². The van der Waals surface area contributed by atoms with E-state index in [4.69, 9.17) is 5.26 Å². The summed E-state index contributed by atoms with van der Waals surface area (Å²) >= 11 is 3.73. The Balaban J connectivity index is 2.62. The predicted octanol–water partition coefficient (Wildman–Crippen LogP) is 2.34. The van der Waals surface area contributed by atoms with Crippen LogP contribution in [0.3, 0.4) is 0 Å². The summed E-state index contributed by atoms with van der Waals surface area (Å²) in [5, 5.41) is 10.2. The van der Waals surface area contributed by atoms with Crippen molar-refractivity contribution in [1.29, 1.82) is 5.26 Å². The number of nitrogens with zero attached hydrogens (tertiary/aromatic N) is 2. The number of hydrogen-bond donors (Lipinski definition) is 0. The minimum absolute atomic E-state index is 0.0144. The van der Waals surface area contributed by atoms with Gasteiger partial charge in [-0.3, -0.25) is 4.79 Å². The molecular weight excluding hydrogens is 311 g/mol. The highest BCUT2D eigenvalue weighted by atomic mass is 127. The van der Waals surface area contributed by atoms with Crippen LogP contribution < -0.4 is 0 Å². The van der Waals surface area contributed by atoms with Crippen molar-refractivity contribution in [2.45, 2.75) is 6.42 Å². The standard InChI is InChI=1S/C9H9IN2OS/c1-12(4-2-3-11)9(13)7-5-8(10)14-6-7/h5-6H,2,4H2,1H3. The molecule has 0 saturated carbocycles. The first-order valence-corrected chi connectivity index (χ1v) is 5.97.